The molecule has 0 aliphatic heterocycles. The Morgan fingerprint density at radius 1 is 0.952 bits per heavy atom. The van der Waals surface area contributed by atoms with Gasteiger partial charge in [-0.3, -0.25) is 0 Å². The highest BCUT2D eigenvalue weighted by Crippen LogP contribution is 2.12. The van der Waals surface area contributed by atoms with Crippen molar-refractivity contribution < 1.29 is 21.4 Å². The zero-order valence-electron chi connectivity index (χ0n) is 12.2. The molecule has 0 amide bonds. The van der Waals surface area contributed by atoms with Gasteiger partial charge >= 0.3 is 5.03 Å². The molecule has 21 heavy (non-hydrogen) atoms. The average Bonchev–Trinajstić information content (AvgIpc) is 2.42. The minimum Gasteiger partial charge on any atom is -0.222 e. The van der Waals surface area contributed by atoms with Crippen molar-refractivity contribution in [1.82, 2.24) is 5.10 Å². The van der Waals surface area contributed by atoms with Crippen molar-refractivity contribution in [2.75, 3.05) is 11.5 Å². The van der Waals surface area contributed by atoms with E-state index < -0.39 is 24.7 Å². The van der Waals surface area contributed by atoms with Gasteiger partial charge in [-0.05, 0) is 18.9 Å². The normalized spacial score (nSPS) is 12.5. The van der Waals surface area contributed by atoms with E-state index in [2.05, 4.69) is 5.10 Å². The molecular formula is C12H21N2O5S2+. The molecule has 0 saturated carbocycles. The van der Waals surface area contributed by atoms with Crippen molar-refractivity contribution in [2.24, 2.45) is 0 Å². The van der Waals surface area contributed by atoms with Gasteiger partial charge in [0, 0.05) is 6.07 Å². The highest BCUT2D eigenvalue weighted by atomic mass is 32.2. The van der Waals surface area contributed by atoms with Gasteiger partial charge in [0.25, 0.3) is 0 Å². The number of aromatic nitrogens is 2. The number of rotatable bonds is 8. The largest absolute Gasteiger partial charge is 0.382 e. The van der Waals surface area contributed by atoms with Crippen LogP contribution in [0.3, 0.4) is 0 Å². The predicted molar refractivity (Wildman–Crippen MR) is 78.1 cm³/mol. The molecule has 0 saturated heterocycles. The fourth-order valence-electron chi connectivity index (χ4n) is 1.69. The lowest BCUT2D eigenvalue weighted by atomic mass is 10.4. The maximum Gasteiger partial charge on any atom is 0.382 e. The topological polar surface area (TPSA) is 107 Å². The average molecular weight is 337 g/mol. The van der Waals surface area contributed by atoms with Gasteiger partial charge in [0.15, 0.2) is 19.4 Å². The third-order valence-electron chi connectivity index (χ3n) is 2.98. The van der Waals surface area contributed by atoms with Crippen molar-refractivity contribution in [3.05, 3.63) is 17.0 Å². The molecule has 1 heterocycles. The Kier molecular flexibility index (Phi) is 6.09. The van der Waals surface area contributed by atoms with Crippen LogP contribution in [0, 0.1) is 4.91 Å². The second kappa shape index (κ2) is 7.17. The van der Waals surface area contributed by atoms with Crippen LogP contribution in [0.4, 0.5) is 0 Å². The summed E-state index contributed by atoms with van der Waals surface area (Å²) in [4.78, 5) is 11.8. The molecule has 0 spiro atoms. The number of hydrogen-bond donors (Lipinski definition) is 1. The molecule has 0 aliphatic rings. The summed E-state index contributed by atoms with van der Waals surface area (Å²) in [6.07, 6.45) is 2.32. The summed E-state index contributed by atoms with van der Waals surface area (Å²) in [5.74, 6) is -0.219. The van der Waals surface area contributed by atoms with E-state index in [1.807, 2.05) is 13.8 Å². The molecule has 0 atom stereocenters. The molecule has 0 radical (unpaired) electrons. The van der Waals surface area contributed by atoms with Crippen molar-refractivity contribution in [3.8, 4) is 0 Å². The van der Waals surface area contributed by atoms with Crippen molar-refractivity contribution in [2.45, 2.75) is 49.6 Å². The first-order valence-corrected chi connectivity index (χ1v) is 10.2. The van der Waals surface area contributed by atoms with Crippen LogP contribution in [0.15, 0.2) is 22.2 Å². The van der Waals surface area contributed by atoms with Crippen LogP contribution in [0.5, 0.6) is 0 Å². The molecule has 1 aromatic heterocycles. The zero-order valence-corrected chi connectivity index (χ0v) is 13.8. The third-order valence-corrected chi connectivity index (χ3v) is 6.47. The summed E-state index contributed by atoms with van der Waals surface area (Å²) < 4.78 is 47.8. The van der Waals surface area contributed by atoms with Gasteiger partial charge in [0.2, 0.25) is 9.84 Å². The predicted octanol–water partition coefficient (Wildman–Crippen LogP) is 1.08. The summed E-state index contributed by atoms with van der Waals surface area (Å²) in [7, 11) is -7.30. The minimum absolute atomic E-state index is 0.0177. The lowest BCUT2D eigenvalue weighted by molar-refractivity contribution is -0.610. The van der Waals surface area contributed by atoms with Gasteiger partial charge in [-0.15, -0.1) is 5.10 Å². The first kappa shape index (κ1) is 17.8. The van der Waals surface area contributed by atoms with E-state index in [9.17, 15) is 21.7 Å². The zero-order chi connectivity index (χ0) is 16.1. The van der Waals surface area contributed by atoms with Crippen LogP contribution >= 0.6 is 0 Å². The highest BCUT2D eigenvalue weighted by Gasteiger charge is 2.28. The molecule has 9 heteroatoms. The van der Waals surface area contributed by atoms with Crippen LogP contribution in [0.1, 0.15) is 39.5 Å². The Morgan fingerprint density at radius 2 is 1.48 bits per heavy atom. The number of sulfone groups is 2. The fourth-order valence-corrected chi connectivity index (χ4v) is 4.53. The number of nitrogens with zero attached hydrogens (tertiary/aromatic N) is 1. The summed E-state index contributed by atoms with van der Waals surface area (Å²) in [6, 6.07) is 2.19. The van der Waals surface area contributed by atoms with Crippen LogP contribution in [0.25, 0.3) is 0 Å². The molecule has 0 fully saturated rings. The van der Waals surface area contributed by atoms with Crippen molar-refractivity contribution in [3.63, 3.8) is 0 Å². The molecule has 0 unspecified atom stereocenters. The lowest BCUT2D eigenvalue weighted by Gasteiger charge is -2.01. The van der Waals surface area contributed by atoms with Crippen LogP contribution in [-0.4, -0.2) is 33.4 Å². The lowest BCUT2D eigenvalue weighted by Crippen LogP contribution is -2.31. The Morgan fingerprint density at radius 3 is 1.95 bits per heavy atom. The van der Waals surface area contributed by atoms with Gasteiger partial charge in [-0.25, -0.2) is 16.8 Å². The Bertz CT molecular complexity index is 735. The van der Waals surface area contributed by atoms with E-state index >= 15 is 0 Å². The number of nitrogens with one attached hydrogen (secondary N) is 1. The second-order valence-corrected chi connectivity index (χ2v) is 8.92. The van der Waals surface area contributed by atoms with E-state index in [4.69, 9.17) is 0 Å². The van der Waals surface area contributed by atoms with Crippen molar-refractivity contribution >= 4 is 19.7 Å². The summed E-state index contributed by atoms with van der Waals surface area (Å²) >= 11 is 0. The smallest absolute Gasteiger partial charge is 0.222 e. The van der Waals surface area contributed by atoms with Gasteiger partial charge in [-0.2, -0.15) is 0 Å². The van der Waals surface area contributed by atoms with Crippen LogP contribution < -0.4 is 4.54 Å². The van der Waals surface area contributed by atoms with Gasteiger partial charge in [0.1, 0.15) is 0 Å². The molecule has 7 nitrogen and oxygen atoms in total. The number of hydrogen-bond acceptors (Lipinski definition) is 5. The molecule has 1 rings (SSSR count). The van der Waals surface area contributed by atoms with E-state index in [1.54, 1.807) is 0 Å². The maximum atomic E-state index is 12.0. The fraction of sp³-hybridized carbons (Fsp3) is 0.667. The van der Waals surface area contributed by atoms with Crippen LogP contribution in [0.2, 0.25) is 0 Å². The summed E-state index contributed by atoms with van der Waals surface area (Å²) in [6.45, 7) is 3.70. The van der Waals surface area contributed by atoms with Gasteiger partial charge in [-0.1, -0.05) is 26.7 Å². The number of H-pyrrole nitrogens is 1. The minimum atomic E-state index is -3.71. The first-order chi connectivity index (χ1) is 9.74. The van der Waals surface area contributed by atoms with Gasteiger partial charge in [0.05, 0.1) is 16.4 Å². The SMILES string of the molecule is CCCCS(=O)(=O)c1ccc(S(=O)(=O)CCCC)[n+](=O)[nH]1. The Balaban J connectivity index is 3.15. The third kappa shape index (κ3) is 4.63. The molecular weight excluding hydrogens is 316 g/mol. The molecule has 120 valence electrons. The van der Waals surface area contributed by atoms with E-state index in [1.165, 1.54) is 0 Å². The standard InChI is InChI=1S/C12H21N2O5S2/c1-3-5-9-20(16,17)11-7-8-12(14(15)13-11)21(18,19)10-6-4-2/h7-8H,3-6,9-10H2,1-2H3,(H,13,15)/q+1. The first-order valence-electron chi connectivity index (χ1n) is 6.86. The quantitative estimate of drug-likeness (QED) is 0.714. The second-order valence-electron chi connectivity index (χ2n) is 4.79. The number of aromatic amines is 1. The van der Waals surface area contributed by atoms with Crippen LogP contribution in [-0.2, 0) is 19.7 Å². The van der Waals surface area contributed by atoms with Crippen molar-refractivity contribution in [1.29, 1.82) is 0 Å². The monoisotopic (exact) mass is 337 g/mol. The van der Waals surface area contributed by atoms with E-state index in [0.29, 0.717) is 25.7 Å². The maximum absolute atomic E-state index is 12.0. The van der Waals surface area contributed by atoms with Gasteiger partial charge < -0.3 is 0 Å². The van der Waals surface area contributed by atoms with E-state index in [-0.39, 0.29) is 21.1 Å². The molecule has 0 aliphatic carbocycles. The molecule has 0 aromatic carbocycles. The molecule has 0 bridgehead atoms. The Hall–Kier alpha value is -1.22. The molecule has 1 aromatic rings. The summed E-state index contributed by atoms with van der Waals surface area (Å²) in [5.41, 5.74) is 0. The number of unbranched alkanes of at least 4 members (excludes halogenated alkanes) is 2. The summed E-state index contributed by atoms with van der Waals surface area (Å²) in [5, 5.41) is 1.38. The highest BCUT2D eigenvalue weighted by molar-refractivity contribution is 7.91. The Labute approximate surface area is 124 Å². The van der Waals surface area contributed by atoms with E-state index in [0.717, 1.165) is 12.1 Å². The molecule has 1 N–H and O–H groups in total.